The number of hydrogen-bond acceptors (Lipinski definition) is 6. The molecule has 0 saturated carbocycles. The lowest BCUT2D eigenvalue weighted by Crippen LogP contribution is -2.50. The van der Waals surface area contributed by atoms with Gasteiger partial charge in [0.25, 0.3) is 0 Å². The predicted octanol–water partition coefficient (Wildman–Crippen LogP) is 2.40. The molecule has 34 heavy (non-hydrogen) atoms. The monoisotopic (exact) mass is 489 g/mol. The zero-order chi connectivity index (χ0) is 24.5. The lowest BCUT2D eigenvalue weighted by Gasteiger charge is -2.36. The van der Waals surface area contributed by atoms with Crippen molar-refractivity contribution >= 4 is 21.6 Å². The summed E-state index contributed by atoms with van der Waals surface area (Å²) in [6, 6.07) is 10.00. The first-order valence-electron chi connectivity index (χ1n) is 11.0. The quantitative estimate of drug-likeness (QED) is 0.506. The number of para-hydroxylation sites is 1. The van der Waals surface area contributed by atoms with Crippen LogP contribution in [-0.2, 0) is 27.9 Å². The first-order valence-corrected chi connectivity index (χ1v) is 12.4. The van der Waals surface area contributed by atoms with E-state index in [9.17, 15) is 17.6 Å². The predicted molar refractivity (Wildman–Crippen MR) is 124 cm³/mol. The maximum Gasteiger partial charge on any atom is 0.246 e. The third-order valence-corrected chi connectivity index (χ3v) is 8.11. The van der Waals surface area contributed by atoms with Gasteiger partial charge in [0.2, 0.25) is 15.9 Å². The molecule has 3 aromatic rings. The lowest BCUT2D eigenvalue weighted by atomic mass is 10.2. The third kappa shape index (κ3) is 4.71. The third-order valence-electron chi connectivity index (χ3n) is 6.05. The minimum absolute atomic E-state index is 0.0657. The molecule has 0 N–H and O–H groups in total. The number of rotatable bonds is 7. The molecule has 1 aliphatic heterocycles. The van der Waals surface area contributed by atoms with Crippen molar-refractivity contribution in [1.29, 1.82) is 0 Å². The molecule has 0 aliphatic carbocycles. The van der Waals surface area contributed by atoms with Gasteiger partial charge in [0.15, 0.2) is 0 Å². The Morgan fingerprint density at radius 1 is 1.12 bits per heavy atom. The summed E-state index contributed by atoms with van der Waals surface area (Å²) in [7, 11) is -2.35. The summed E-state index contributed by atoms with van der Waals surface area (Å²) in [5.74, 6) is 0.0841. The van der Waals surface area contributed by atoms with Crippen LogP contribution in [0.3, 0.4) is 0 Å². The van der Waals surface area contributed by atoms with Crippen molar-refractivity contribution in [1.82, 2.24) is 19.0 Å². The van der Waals surface area contributed by atoms with Gasteiger partial charge < -0.3 is 14.2 Å². The van der Waals surface area contributed by atoms with Crippen molar-refractivity contribution in [3.8, 4) is 0 Å². The second kappa shape index (κ2) is 9.59. The van der Waals surface area contributed by atoms with E-state index in [-0.39, 0.29) is 29.7 Å². The minimum Gasteiger partial charge on any atom is -0.468 e. The van der Waals surface area contributed by atoms with Gasteiger partial charge in [-0.15, -0.1) is 0 Å². The number of benzene rings is 1. The number of anilines is 1. The van der Waals surface area contributed by atoms with Crippen LogP contribution in [0.25, 0.3) is 0 Å². The largest absolute Gasteiger partial charge is 0.468 e. The molecule has 1 fully saturated rings. The van der Waals surface area contributed by atoms with Crippen LogP contribution in [0.4, 0.5) is 10.1 Å². The van der Waals surface area contributed by atoms with E-state index in [4.69, 9.17) is 4.42 Å². The maximum absolute atomic E-state index is 14.1. The van der Waals surface area contributed by atoms with Gasteiger partial charge in [-0.3, -0.25) is 9.48 Å². The highest BCUT2D eigenvalue weighted by atomic mass is 32.2. The van der Waals surface area contributed by atoms with Crippen LogP contribution in [0.1, 0.15) is 17.1 Å². The molecule has 182 valence electrons. The molecule has 4 rings (SSSR count). The zero-order valence-electron chi connectivity index (χ0n) is 19.4. The molecule has 2 aromatic heterocycles. The fraction of sp³-hybridized carbons (Fsp3) is 0.391. The van der Waals surface area contributed by atoms with E-state index in [0.29, 0.717) is 49.0 Å². The number of piperazine rings is 1. The SMILES string of the molecule is Cc1nn(CC(=O)N2CCN(c3ccccc3F)CC2)c(C)c1S(=O)(=O)N(C)Cc1ccco1. The standard InChI is InChI=1S/C23H28FN5O4S/c1-17-23(34(31,32)26(3)15-19-7-6-14-33-19)18(2)29(25-17)16-22(30)28-12-10-27(11-13-28)21-9-5-4-8-20(21)24/h4-9,14H,10-13,15-16H2,1-3H3. The van der Waals surface area contributed by atoms with E-state index in [1.54, 1.807) is 49.1 Å². The zero-order valence-corrected chi connectivity index (χ0v) is 20.3. The molecule has 1 aromatic carbocycles. The summed E-state index contributed by atoms with van der Waals surface area (Å²) in [4.78, 5) is 16.7. The highest BCUT2D eigenvalue weighted by Gasteiger charge is 2.30. The van der Waals surface area contributed by atoms with E-state index < -0.39 is 10.0 Å². The molecule has 3 heterocycles. The van der Waals surface area contributed by atoms with Crippen LogP contribution >= 0.6 is 0 Å². The maximum atomic E-state index is 14.1. The van der Waals surface area contributed by atoms with Crippen LogP contribution in [0.15, 0.2) is 52.0 Å². The summed E-state index contributed by atoms with van der Waals surface area (Å²) in [5, 5.41) is 4.34. The normalized spacial score (nSPS) is 14.7. The van der Waals surface area contributed by atoms with E-state index >= 15 is 0 Å². The van der Waals surface area contributed by atoms with Gasteiger partial charge in [-0.05, 0) is 38.1 Å². The molecule has 0 atom stereocenters. The van der Waals surface area contributed by atoms with Crippen LogP contribution in [0.2, 0.25) is 0 Å². The summed E-state index contributed by atoms with van der Waals surface area (Å²) in [6.45, 7) is 5.22. The summed E-state index contributed by atoms with van der Waals surface area (Å²) >= 11 is 0. The van der Waals surface area contributed by atoms with Crippen molar-refractivity contribution in [3.63, 3.8) is 0 Å². The number of aromatic nitrogens is 2. The van der Waals surface area contributed by atoms with Gasteiger partial charge in [0, 0.05) is 33.2 Å². The van der Waals surface area contributed by atoms with Crippen molar-refractivity contribution in [2.24, 2.45) is 0 Å². The average molecular weight is 490 g/mol. The van der Waals surface area contributed by atoms with Crippen LogP contribution in [0.5, 0.6) is 0 Å². The number of carbonyl (C=O) groups excluding carboxylic acids is 1. The molecule has 1 amide bonds. The van der Waals surface area contributed by atoms with Gasteiger partial charge in [0.05, 0.1) is 29.9 Å². The first kappa shape index (κ1) is 24.0. The number of furan rings is 1. The molecule has 0 bridgehead atoms. The number of aryl methyl sites for hydroxylation is 1. The molecule has 1 aliphatic rings. The second-order valence-electron chi connectivity index (χ2n) is 8.32. The Morgan fingerprint density at radius 2 is 1.82 bits per heavy atom. The smallest absolute Gasteiger partial charge is 0.246 e. The van der Waals surface area contributed by atoms with Gasteiger partial charge in [-0.1, -0.05) is 12.1 Å². The minimum atomic E-state index is -3.84. The van der Waals surface area contributed by atoms with Gasteiger partial charge in [-0.2, -0.15) is 9.40 Å². The Bertz CT molecular complexity index is 1260. The Labute approximate surface area is 198 Å². The van der Waals surface area contributed by atoms with Crippen molar-refractivity contribution in [2.45, 2.75) is 31.8 Å². The van der Waals surface area contributed by atoms with Crippen LogP contribution < -0.4 is 4.90 Å². The molecular formula is C23H28FN5O4S. The summed E-state index contributed by atoms with van der Waals surface area (Å²) in [6.07, 6.45) is 1.49. The molecule has 0 spiro atoms. The van der Waals surface area contributed by atoms with Crippen molar-refractivity contribution < 1.29 is 22.0 Å². The molecule has 0 radical (unpaired) electrons. The highest BCUT2D eigenvalue weighted by molar-refractivity contribution is 7.89. The highest BCUT2D eigenvalue weighted by Crippen LogP contribution is 2.25. The Hall–Kier alpha value is -3.18. The average Bonchev–Trinajstić information content (AvgIpc) is 3.41. The number of sulfonamides is 1. The van der Waals surface area contributed by atoms with Gasteiger partial charge in [-0.25, -0.2) is 12.8 Å². The fourth-order valence-corrected chi connectivity index (χ4v) is 5.71. The summed E-state index contributed by atoms with van der Waals surface area (Å²) in [5.41, 5.74) is 1.27. The number of carbonyl (C=O) groups is 1. The van der Waals surface area contributed by atoms with E-state index in [2.05, 4.69) is 5.10 Å². The molecule has 1 saturated heterocycles. The fourth-order valence-electron chi connectivity index (χ4n) is 4.20. The van der Waals surface area contributed by atoms with Crippen molar-refractivity contribution in [3.05, 3.63) is 65.6 Å². The number of amides is 1. The molecule has 11 heteroatoms. The number of halogens is 1. The topological polar surface area (TPSA) is 91.9 Å². The second-order valence-corrected chi connectivity index (χ2v) is 10.3. The number of hydrogen-bond donors (Lipinski definition) is 0. The van der Waals surface area contributed by atoms with E-state index in [1.165, 1.54) is 28.4 Å². The Balaban J connectivity index is 1.43. The molecular weight excluding hydrogens is 461 g/mol. The first-order chi connectivity index (χ1) is 16.2. The van der Waals surface area contributed by atoms with Crippen molar-refractivity contribution in [2.75, 3.05) is 38.1 Å². The summed E-state index contributed by atoms with van der Waals surface area (Å²) < 4.78 is 48.4. The lowest BCUT2D eigenvalue weighted by molar-refractivity contribution is -0.132. The van der Waals surface area contributed by atoms with E-state index in [0.717, 1.165) is 0 Å². The van der Waals surface area contributed by atoms with E-state index in [1.807, 2.05) is 4.90 Å². The van der Waals surface area contributed by atoms with Crippen LogP contribution in [-0.4, -0.2) is 66.5 Å². The molecule has 0 unspecified atom stereocenters. The number of nitrogens with zero attached hydrogens (tertiary/aromatic N) is 5. The molecule has 9 nitrogen and oxygen atoms in total. The van der Waals surface area contributed by atoms with Gasteiger partial charge >= 0.3 is 0 Å². The van der Waals surface area contributed by atoms with Gasteiger partial charge in [0.1, 0.15) is 23.0 Å². The Morgan fingerprint density at radius 3 is 2.47 bits per heavy atom. The Kier molecular flexibility index (Phi) is 6.76. The van der Waals surface area contributed by atoms with Crippen LogP contribution in [0, 0.1) is 19.7 Å².